The van der Waals surface area contributed by atoms with Crippen LogP contribution >= 0.6 is 0 Å². The van der Waals surface area contributed by atoms with Crippen LogP contribution in [0.1, 0.15) is 6.92 Å². The standard InChI is InChI=1S/C4H7NO.Na.H/c1-3(2)4(5)6;;/h1H2,2H3,(H2,5,6);;. The van der Waals surface area contributed by atoms with Crippen LogP contribution in [-0.2, 0) is 4.79 Å². The topological polar surface area (TPSA) is 43.1 Å². The number of carbonyl (C=O) groups is 1. The molecule has 0 aliphatic heterocycles. The Balaban J connectivity index is 0. The zero-order valence-corrected chi connectivity index (χ0v) is 3.69. The SMILES string of the molecule is C=C(C)C(N)=O.[NaH]. The second kappa shape index (κ2) is 4.37. The van der Waals surface area contributed by atoms with Crippen LogP contribution in [0.3, 0.4) is 0 Å². The molecule has 2 nitrogen and oxygen atoms in total. The van der Waals surface area contributed by atoms with Crippen molar-refractivity contribution in [1.29, 1.82) is 0 Å². The molecule has 0 aromatic carbocycles. The molecular formula is C4H8NNaO. The Hall–Kier alpha value is 0.210. The summed E-state index contributed by atoms with van der Waals surface area (Å²) in [5.41, 5.74) is 5.09. The van der Waals surface area contributed by atoms with Crippen LogP contribution in [0.2, 0.25) is 0 Å². The second-order valence-corrected chi connectivity index (χ2v) is 1.14. The number of hydrogen-bond donors (Lipinski definition) is 1. The molecule has 0 aliphatic rings. The predicted molar refractivity (Wildman–Crippen MR) is 31.2 cm³/mol. The van der Waals surface area contributed by atoms with E-state index >= 15 is 0 Å². The van der Waals surface area contributed by atoms with Crippen molar-refractivity contribution in [2.75, 3.05) is 0 Å². The van der Waals surface area contributed by atoms with Gasteiger partial charge in [-0.1, -0.05) is 6.58 Å². The molecule has 0 heterocycles. The van der Waals surface area contributed by atoms with Crippen molar-refractivity contribution in [2.24, 2.45) is 5.73 Å². The molecule has 0 saturated carbocycles. The molecule has 0 radical (unpaired) electrons. The maximum absolute atomic E-state index is 9.82. The van der Waals surface area contributed by atoms with Gasteiger partial charge in [0, 0.05) is 5.57 Å². The third kappa shape index (κ3) is 6.21. The summed E-state index contributed by atoms with van der Waals surface area (Å²) in [7, 11) is 0. The summed E-state index contributed by atoms with van der Waals surface area (Å²) in [6.45, 7) is 4.85. The van der Waals surface area contributed by atoms with Crippen LogP contribution in [0, 0.1) is 0 Å². The summed E-state index contributed by atoms with van der Waals surface area (Å²) in [6.07, 6.45) is 0. The summed E-state index contributed by atoms with van der Waals surface area (Å²) in [5.74, 6) is -0.435. The first-order chi connectivity index (χ1) is 2.64. The van der Waals surface area contributed by atoms with Gasteiger partial charge in [0.15, 0.2) is 0 Å². The molecule has 0 atom stereocenters. The summed E-state index contributed by atoms with van der Waals surface area (Å²) >= 11 is 0. The number of primary amides is 1. The van der Waals surface area contributed by atoms with Gasteiger partial charge in [0.2, 0.25) is 5.91 Å². The summed E-state index contributed by atoms with van der Waals surface area (Å²) in [6, 6.07) is 0. The molecule has 2 N–H and O–H groups in total. The van der Waals surface area contributed by atoms with E-state index in [1.54, 1.807) is 6.92 Å². The van der Waals surface area contributed by atoms with Crippen LogP contribution < -0.4 is 5.73 Å². The van der Waals surface area contributed by atoms with Crippen LogP contribution in [0.5, 0.6) is 0 Å². The molecule has 36 valence electrons. The average molecular weight is 109 g/mol. The monoisotopic (exact) mass is 109 g/mol. The Morgan fingerprint density at radius 1 is 1.71 bits per heavy atom. The first-order valence-electron chi connectivity index (χ1n) is 1.60. The minimum atomic E-state index is -0.435. The summed E-state index contributed by atoms with van der Waals surface area (Å²) < 4.78 is 0. The molecule has 0 aromatic heterocycles. The van der Waals surface area contributed by atoms with Crippen LogP contribution in [-0.4, -0.2) is 35.5 Å². The number of hydrogen-bond acceptors (Lipinski definition) is 1. The Bertz CT molecular complexity index is 77.7. The summed E-state index contributed by atoms with van der Waals surface area (Å²) in [4.78, 5) is 9.82. The van der Waals surface area contributed by atoms with Gasteiger partial charge < -0.3 is 5.73 Å². The van der Waals surface area contributed by atoms with Crippen molar-refractivity contribution in [3.8, 4) is 0 Å². The van der Waals surface area contributed by atoms with Crippen molar-refractivity contribution in [3.05, 3.63) is 12.2 Å². The number of rotatable bonds is 1. The van der Waals surface area contributed by atoms with Gasteiger partial charge in [-0.05, 0) is 6.92 Å². The first-order valence-corrected chi connectivity index (χ1v) is 1.60. The third-order valence-electron chi connectivity index (χ3n) is 0.421. The fraction of sp³-hybridized carbons (Fsp3) is 0.250. The zero-order valence-electron chi connectivity index (χ0n) is 3.69. The van der Waals surface area contributed by atoms with Gasteiger partial charge in [0.1, 0.15) is 0 Å². The molecule has 1 amide bonds. The Morgan fingerprint density at radius 3 is 1.86 bits per heavy atom. The first kappa shape index (κ1) is 10.2. The van der Waals surface area contributed by atoms with Gasteiger partial charge in [-0.2, -0.15) is 0 Å². The molecule has 0 bridgehead atoms. The molecule has 0 saturated heterocycles. The Morgan fingerprint density at radius 2 is 1.86 bits per heavy atom. The number of amides is 1. The van der Waals surface area contributed by atoms with Crippen molar-refractivity contribution in [2.45, 2.75) is 6.92 Å². The maximum atomic E-state index is 9.82. The van der Waals surface area contributed by atoms with E-state index in [1.165, 1.54) is 0 Å². The van der Waals surface area contributed by atoms with E-state index in [4.69, 9.17) is 5.73 Å². The van der Waals surface area contributed by atoms with Crippen molar-refractivity contribution in [1.82, 2.24) is 0 Å². The van der Waals surface area contributed by atoms with Gasteiger partial charge in [0.25, 0.3) is 0 Å². The molecule has 0 rings (SSSR count). The molecule has 3 heteroatoms. The fourth-order valence-electron chi connectivity index (χ4n) is 0. The molecule has 0 aromatic rings. The number of nitrogens with two attached hydrogens (primary N) is 1. The fourth-order valence-corrected chi connectivity index (χ4v) is 0. The molecule has 0 aliphatic carbocycles. The van der Waals surface area contributed by atoms with Crippen LogP contribution in [0.25, 0.3) is 0 Å². The Labute approximate surface area is 65.1 Å². The van der Waals surface area contributed by atoms with Crippen molar-refractivity contribution >= 4 is 35.5 Å². The van der Waals surface area contributed by atoms with Gasteiger partial charge in [-0.15, -0.1) is 0 Å². The van der Waals surface area contributed by atoms with Crippen LogP contribution in [0.15, 0.2) is 12.2 Å². The van der Waals surface area contributed by atoms with E-state index in [-0.39, 0.29) is 29.6 Å². The molecule has 7 heavy (non-hydrogen) atoms. The van der Waals surface area contributed by atoms with E-state index in [2.05, 4.69) is 6.58 Å². The van der Waals surface area contributed by atoms with E-state index in [0.29, 0.717) is 5.57 Å². The van der Waals surface area contributed by atoms with E-state index in [1.807, 2.05) is 0 Å². The molecule has 0 fully saturated rings. The number of carbonyl (C=O) groups excluding carboxylic acids is 1. The quantitative estimate of drug-likeness (QED) is 0.354. The molecule has 0 unspecified atom stereocenters. The van der Waals surface area contributed by atoms with E-state index in [0.717, 1.165) is 0 Å². The second-order valence-electron chi connectivity index (χ2n) is 1.14. The minimum absolute atomic E-state index is 0. The summed E-state index contributed by atoms with van der Waals surface area (Å²) in [5, 5.41) is 0. The van der Waals surface area contributed by atoms with Gasteiger partial charge in [0.05, 0.1) is 0 Å². The molecular weight excluding hydrogens is 101 g/mol. The normalized spacial score (nSPS) is 6.43. The Kier molecular flexibility index (Phi) is 6.40. The van der Waals surface area contributed by atoms with E-state index < -0.39 is 5.91 Å². The van der Waals surface area contributed by atoms with Crippen molar-refractivity contribution in [3.63, 3.8) is 0 Å². The van der Waals surface area contributed by atoms with Gasteiger partial charge in [-0.25, -0.2) is 0 Å². The zero-order chi connectivity index (χ0) is 5.15. The van der Waals surface area contributed by atoms with Gasteiger partial charge in [-0.3, -0.25) is 4.79 Å². The van der Waals surface area contributed by atoms with Gasteiger partial charge >= 0.3 is 29.6 Å². The molecule has 0 spiro atoms. The van der Waals surface area contributed by atoms with E-state index in [9.17, 15) is 4.79 Å². The predicted octanol–water partition coefficient (Wildman–Crippen LogP) is -0.601. The van der Waals surface area contributed by atoms with Crippen molar-refractivity contribution < 1.29 is 4.79 Å². The van der Waals surface area contributed by atoms with Crippen LogP contribution in [0.4, 0.5) is 0 Å². The average Bonchev–Trinajstić information content (AvgIpc) is 1.36. The third-order valence-corrected chi connectivity index (χ3v) is 0.421.